The first kappa shape index (κ1) is 80.5. The molecule has 96 heavy (non-hydrogen) atoms. The minimum absolute atomic E-state index is 0. The number of carbonyl (C=O) groups is 7. The van der Waals surface area contributed by atoms with E-state index in [1.54, 1.807) is 54.8 Å². The van der Waals surface area contributed by atoms with Gasteiger partial charge in [0.1, 0.15) is 45.7 Å². The van der Waals surface area contributed by atoms with Crippen molar-refractivity contribution >= 4 is 58.5 Å². The van der Waals surface area contributed by atoms with E-state index >= 15 is 0 Å². The quantitative estimate of drug-likeness (QED) is 0.0191. The smallest absolute Gasteiger partial charge is 0.410 e. The second kappa shape index (κ2) is 34.9. The molecule has 0 radical (unpaired) electrons. The van der Waals surface area contributed by atoms with Gasteiger partial charge in [0.2, 0.25) is 5.78 Å². The maximum absolute atomic E-state index is 13.8. The highest BCUT2D eigenvalue weighted by Gasteiger charge is 2.44. The van der Waals surface area contributed by atoms with Crippen LogP contribution in [0.15, 0.2) is 109 Å². The number of hydrogen-bond donors (Lipinski definition) is 3. The monoisotopic (exact) mass is 1370 g/mol. The van der Waals surface area contributed by atoms with E-state index in [9.17, 15) is 28.8 Å². The number of ether oxygens (including phenoxy) is 7. The second-order valence-electron chi connectivity index (χ2n) is 28.9. The molecule has 5 N–H and O–H groups in total. The number of imidazole rings is 1. The zero-order valence-corrected chi connectivity index (χ0v) is 61.9. The van der Waals surface area contributed by atoms with Gasteiger partial charge in [0, 0.05) is 63.4 Å². The van der Waals surface area contributed by atoms with Gasteiger partial charge in [0.15, 0.2) is 22.3 Å². The SMILES string of the molecule is CC(=O)O.COC(=O)C(OC(=O)C(CCO[Si](C)(C)C(C)(C)C)C1CCN(C(=O)OC(C)(C)C)C1)C(=O)c1ccc(Oc2ccccc2)cc1.COC(=O)c1[nH]c(C(CCO[Si](C)(C)C(C)(C)C)C2CCN(C(=O)OC(C)(C)C)C2)nc1-c1ccc(Oc2ccccc2)cc1.N. The number of rotatable bonds is 22. The average molecular weight is 1370 g/mol. The van der Waals surface area contributed by atoms with Crippen LogP contribution in [-0.2, 0) is 46.9 Å². The molecular formula is C72H105N5O17Si2. The van der Waals surface area contributed by atoms with Crippen LogP contribution in [0.25, 0.3) is 11.3 Å². The zero-order valence-electron chi connectivity index (χ0n) is 59.9. The second-order valence-corrected chi connectivity index (χ2v) is 38.5. The van der Waals surface area contributed by atoms with Crippen LogP contribution in [-0.4, -0.2) is 154 Å². The number of H-pyrrole nitrogens is 1. The van der Waals surface area contributed by atoms with Crippen molar-refractivity contribution < 1.29 is 80.7 Å². The predicted octanol–water partition coefficient (Wildman–Crippen LogP) is 15.7. The van der Waals surface area contributed by atoms with Gasteiger partial charge in [-0.05, 0) is 188 Å². The van der Waals surface area contributed by atoms with Gasteiger partial charge in [0.05, 0.1) is 20.1 Å². The standard InChI is InChI=1S/C35H49N3O6Si.C35H49NO9Si.C2H4O2.H3N/c1-34(2,3)44-33(40)38-21-19-25(23-38)28(20-22-42-45(8,9)35(4,5)6)31-36-29(30(37-31)32(39)41-7)24-15-17-27(18-16-24)43-26-13-11-10-12-14-26;1-34(2,3)45-33(40)36-21-19-25(23-36)28(20-22-42-46(8,9)35(4,5)6)31(38)44-30(32(39)41-7)29(37)24-15-17-27(18-16-24)43-26-13-11-10-12-14-26;1-2(3)4;/h10-18,25,28H,19-23H2,1-9H3,(H,36,37);10-18,25,28,30H,19-23H2,1-9H3;1H3,(H,3,4);1H3. The molecule has 2 amide bonds. The minimum Gasteiger partial charge on any atom is -0.481 e. The Bertz CT molecular complexity index is 3330. The lowest BCUT2D eigenvalue weighted by atomic mass is 9.88. The number of nitrogens with one attached hydrogen (secondary N) is 1. The lowest BCUT2D eigenvalue weighted by molar-refractivity contribution is -0.166. The van der Waals surface area contributed by atoms with E-state index in [2.05, 4.69) is 72.7 Å². The molecule has 5 atom stereocenters. The van der Waals surface area contributed by atoms with Crippen molar-refractivity contribution in [3.05, 3.63) is 126 Å². The molecule has 22 nitrogen and oxygen atoms in total. The van der Waals surface area contributed by atoms with Crippen LogP contribution in [0.1, 0.15) is 148 Å². The van der Waals surface area contributed by atoms with Crippen molar-refractivity contribution in [1.29, 1.82) is 0 Å². The summed E-state index contributed by atoms with van der Waals surface area (Å²) >= 11 is 0. The fourth-order valence-corrected chi connectivity index (χ4v) is 12.1. The number of carboxylic acids is 1. The molecule has 0 aliphatic carbocycles. The highest BCUT2D eigenvalue weighted by Crippen LogP contribution is 2.41. The number of carbonyl (C=O) groups excluding carboxylic acids is 6. The average Bonchev–Trinajstić information content (AvgIpc) is 1.60. The Morgan fingerprint density at radius 3 is 1.43 bits per heavy atom. The lowest BCUT2D eigenvalue weighted by Crippen LogP contribution is -2.43. The van der Waals surface area contributed by atoms with E-state index in [1.807, 2.05) is 93.6 Å². The maximum atomic E-state index is 13.8. The van der Waals surface area contributed by atoms with Gasteiger partial charge in [-0.1, -0.05) is 77.9 Å². The van der Waals surface area contributed by atoms with Crippen molar-refractivity contribution in [3.8, 4) is 34.3 Å². The number of methoxy groups -OCH3 is 2. The molecule has 5 aromatic rings. The van der Waals surface area contributed by atoms with Crippen LogP contribution < -0.4 is 15.6 Å². The number of para-hydroxylation sites is 2. The molecule has 4 aromatic carbocycles. The van der Waals surface area contributed by atoms with Gasteiger partial charge in [0.25, 0.3) is 12.1 Å². The maximum Gasteiger partial charge on any atom is 0.410 e. The Hall–Kier alpha value is -7.91. The summed E-state index contributed by atoms with van der Waals surface area (Å²) in [5.74, 6) is -1.53. The van der Waals surface area contributed by atoms with Crippen LogP contribution in [0, 0.1) is 17.8 Å². The Balaban J connectivity index is 0.000000383. The van der Waals surface area contributed by atoms with Crippen LogP contribution in [0.5, 0.6) is 23.0 Å². The summed E-state index contributed by atoms with van der Waals surface area (Å²) < 4.78 is 51.6. The summed E-state index contributed by atoms with van der Waals surface area (Å²) in [6, 6.07) is 32.4. The summed E-state index contributed by atoms with van der Waals surface area (Å²) in [5, 5.41) is 7.46. The molecule has 0 saturated carbocycles. The Labute approximate surface area is 569 Å². The molecule has 2 saturated heterocycles. The number of amides is 2. The molecule has 3 heterocycles. The normalized spacial score (nSPS) is 15.9. The topological polar surface area (TPSA) is 293 Å². The Morgan fingerprint density at radius 1 is 0.583 bits per heavy atom. The van der Waals surface area contributed by atoms with Crippen LogP contribution in [0.3, 0.4) is 0 Å². The first-order valence-electron chi connectivity index (χ1n) is 32.3. The number of benzene rings is 4. The summed E-state index contributed by atoms with van der Waals surface area (Å²) in [7, 11) is -1.62. The molecule has 2 aliphatic heterocycles. The number of aromatic amines is 1. The fourth-order valence-electron chi connectivity index (χ4n) is 9.99. The van der Waals surface area contributed by atoms with E-state index in [0.29, 0.717) is 86.6 Å². The van der Waals surface area contributed by atoms with Crippen molar-refractivity contribution in [2.24, 2.45) is 17.8 Å². The third-order valence-corrected chi connectivity index (χ3v) is 26.2. The first-order chi connectivity index (χ1) is 44.2. The number of nitrogens with zero attached hydrogens (tertiary/aromatic N) is 3. The molecule has 2 aliphatic rings. The van der Waals surface area contributed by atoms with Crippen molar-refractivity contribution in [2.75, 3.05) is 53.6 Å². The Kier molecular flexibility index (Phi) is 29.2. The molecule has 5 unspecified atom stereocenters. The Morgan fingerprint density at radius 2 is 1.00 bits per heavy atom. The van der Waals surface area contributed by atoms with Gasteiger partial charge < -0.3 is 68.1 Å². The summed E-state index contributed by atoms with van der Waals surface area (Å²) in [6.45, 7) is 36.6. The van der Waals surface area contributed by atoms with Gasteiger partial charge in [-0.2, -0.15) is 0 Å². The summed E-state index contributed by atoms with van der Waals surface area (Å²) in [6.07, 6.45) is -0.262. The highest BCUT2D eigenvalue weighted by atomic mass is 28.4. The highest BCUT2D eigenvalue weighted by molar-refractivity contribution is 6.74. The number of ketones is 1. The van der Waals surface area contributed by atoms with E-state index < -0.39 is 75.6 Å². The molecule has 0 spiro atoms. The van der Waals surface area contributed by atoms with Crippen molar-refractivity contribution in [2.45, 2.75) is 175 Å². The van der Waals surface area contributed by atoms with Gasteiger partial charge >= 0.3 is 30.1 Å². The number of carboxylic acid groups (broad SMARTS) is 1. The van der Waals surface area contributed by atoms with E-state index in [0.717, 1.165) is 31.8 Å². The fraction of sp³-hybridized carbons (Fsp3) is 0.528. The largest absolute Gasteiger partial charge is 0.481 e. The molecule has 1 aromatic heterocycles. The van der Waals surface area contributed by atoms with E-state index in [4.69, 9.17) is 56.9 Å². The van der Waals surface area contributed by atoms with Crippen LogP contribution in [0.2, 0.25) is 36.3 Å². The predicted molar refractivity (Wildman–Crippen MR) is 373 cm³/mol. The number of aliphatic carboxylic acids is 1. The van der Waals surface area contributed by atoms with Gasteiger partial charge in [-0.15, -0.1) is 0 Å². The van der Waals surface area contributed by atoms with E-state index in [1.165, 1.54) is 19.2 Å². The molecule has 24 heteroatoms. The zero-order chi connectivity index (χ0) is 70.9. The molecule has 7 rings (SSSR count). The number of esters is 3. The molecule has 528 valence electrons. The lowest BCUT2D eigenvalue weighted by Gasteiger charge is -2.36. The first-order valence-corrected chi connectivity index (χ1v) is 38.1. The molecule has 0 bridgehead atoms. The van der Waals surface area contributed by atoms with Crippen LogP contribution in [0.4, 0.5) is 9.59 Å². The summed E-state index contributed by atoms with van der Waals surface area (Å²) in [5.41, 5.74) is 0.486. The van der Waals surface area contributed by atoms with E-state index in [-0.39, 0.29) is 52.2 Å². The third kappa shape index (κ3) is 24.3. The molecule has 2 fully saturated rings. The number of Topliss-reactive ketones (excluding diaryl/α,β-unsaturated/α-hetero) is 1. The van der Waals surface area contributed by atoms with Crippen molar-refractivity contribution in [1.82, 2.24) is 25.9 Å². The number of hydrogen-bond acceptors (Lipinski definition) is 18. The number of aromatic nitrogens is 2. The van der Waals surface area contributed by atoms with Gasteiger partial charge in [-0.3, -0.25) is 14.4 Å². The van der Waals surface area contributed by atoms with Crippen molar-refractivity contribution in [3.63, 3.8) is 0 Å². The third-order valence-electron chi connectivity index (χ3n) is 17.2. The summed E-state index contributed by atoms with van der Waals surface area (Å²) in [4.78, 5) is 99.6. The molecular weight excluding hydrogens is 1260 g/mol. The minimum atomic E-state index is -2.13. The number of likely N-dealkylation sites (tertiary alicyclic amines) is 2. The van der Waals surface area contributed by atoms with Crippen LogP contribution >= 0.6 is 0 Å². The van der Waals surface area contributed by atoms with Gasteiger partial charge in [-0.25, -0.2) is 24.2 Å².